The van der Waals surface area contributed by atoms with Crippen molar-refractivity contribution in [3.8, 4) is 17.2 Å². The van der Waals surface area contributed by atoms with Gasteiger partial charge in [-0.2, -0.15) is 0 Å². The van der Waals surface area contributed by atoms with Crippen molar-refractivity contribution in [1.82, 2.24) is 0 Å². The molecule has 0 saturated carbocycles. The van der Waals surface area contributed by atoms with E-state index < -0.39 is 22.7 Å². The van der Waals surface area contributed by atoms with E-state index in [9.17, 15) is 24.9 Å². The van der Waals surface area contributed by atoms with Crippen LogP contribution in [0.25, 0.3) is 17.0 Å². The molecule has 3 aromatic rings. The summed E-state index contributed by atoms with van der Waals surface area (Å²) >= 11 is 0. The van der Waals surface area contributed by atoms with Gasteiger partial charge in [0.25, 0.3) is 0 Å². The van der Waals surface area contributed by atoms with E-state index in [1.165, 1.54) is 30.3 Å². The van der Waals surface area contributed by atoms with Crippen LogP contribution in [0.2, 0.25) is 0 Å². The molecular formula is C18H12O6. The number of rotatable bonds is 3. The summed E-state index contributed by atoms with van der Waals surface area (Å²) in [6.07, 6.45) is 2.30. The average Bonchev–Trinajstić information content (AvgIpc) is 2.54. The molecule has 0 unspecified atom stereocenters. The molecule has 1 heterocycles. The molecule has 1 aromatic heterocycles. The van der Waals surface area contributed by atoms with E-state index in [1.807, 2.05) is 0 Å². The first-order valence-electron chi connectivity index (χ1n) is 6.96. The van der Waals surface area contributed by atoms with Crippen LogP contribution in [-0.2, 0) is 0 Å². The highest BCUT2D eigenvalue weighted by atomic mass is 16.4. The molecule has 0 aliphatic heterocycles. The number of carbonyl (C=O) groups excluding carboxylic acids is 1. The van der Waals surface area contributed by atoms with E-state index in [1.54, 1.807) is 12.1 Å². The lowest BCUT2D eigenvalue weighted by Crippen LogP contribution is -2.12. The SMILES string of the molecule is O=C(/C=C/c1ccc(O)cc1O)c1c(O)c2ccccc2oc1=O. The van der Waals surface area contributed by atoms with Crippen LogP contribution in [0.15, 0.2) is 57.8 Å². The van der Waals surface area contributed by atoms with Gasteiger partial charge >= 0.3 is 5.63 Å². The lowest BCUT2D eigenvalue weighted by molar-refractivity contribution is 0.104. The molecule has 0 atom stereocenters. The monoisotopic (exact) mass is 324 g/mol. The second kappa shape index (κ2) is 5.92. The van der Waals surface area contributed by atoms with Crippen molar-refractivity contribution in [2.45, 2.75) is 0 Å². The van der Waals surface area contributed by atoms with Crippen molar-refractivity contribution in [3.05, 3.63) is 70.1 Å². The van der Waals surface area contributed by atoms with Crippen LogP contribution in [-0.4, -0.2) is 21.1 Å². The lowest BCUT2D eigenvalue weighted by atomic mass is 10.1. The topological polar surface area (TPSA) is 108 Å². The van der Waals surface area contributed by atoms with Crippen LogP contribution >= 0.6 is 0 Å². The average molecular weight is 324 g/mol. The third-order valence-corrected chi connectivity index (χ3v) is 3.46. The molecule has 2 aromatic carbocycles. The third-order valence-electron chi connectivity index (χ3n) is 3.46. The van der Waals surface area contributed by atoms with E-state index in [-0.39, 0.29) is 28.0 Å². The highest BCUT2D eigenvalue weighted by molar-refractivity contribution is 6.10. The molecule has 0 aliphatic rings. The van der Waals surface area contributed by atoms with Crippen LogP contribution in [0.1, 0.15) is 15.9 Å². The summed E-state index contributed by atoms with van der Waals surface area (Å²) in [5.41, 5.74) is -0.985. The second-order valence-electron chi connectivity index (χ2n) is 5.05. The molecule has 0 amide bonds. The summed E-state index contributed by atoms with van der Waals surface area (Å²) in [6, 6.07) is 10.2. The quantitative estimate of drug-likeness (QED) is 0.388. The molecule has 120 valence electrons. The van der Waals surface area contributed by atoms with Gasteiger partial charge in [0, 0.05) is 11.6 Å². The van der Waals surface area contributed by atoms with Crippen molar-refractivity contribution < 1.29 is 24.5 Å². The molecule has 6 heteroatoms. The Morgan fingerprint density at radius 3 is 2.54 bits per heavy atom. The van der Waals surface area contributed by atoms with Gasteiger partial charge in [0.1, 0.15) is 28.4 Å². The minimum absolute atomic E-state index is 0.121. The number of phenols is 2. The number of ketones is 1. The highest BCUT2D eigenvalue weighted by Gasteiger charge is 2.18. The number of para-hydroxylation sites is 1. The predicted molar refractivity (Wildman–Crippen MR) is 87.3 cm³/mol. The van der Waals surface area contributed by atoms with Crippen LogP contribution in [0.4, 0.5) is 0 Å². The number of phenolic OH excluding ortho intramolecular Hbond substituents is 2. The van der Waals surface area contributed by atoms with E-state index >= 15 is 0 Å². The van der Waals surface area contributed by atoms with Gasteiger partial charge in [-0.25, -0.2) is 4.79 Å². The zero-order chi connectivity index (χ0) is 17.3. The molecule has 6 nitrogen and oxygen atoms in total. The van der Waals surface area contributed by atoms with Gasteiger partial charge in [0.05, 0.1) is 5.39 Å². The molecule has 0 bridgehead atoms. The smallest absolute Gasteiger partial charge is 0.351 e. The van der Waals surface area contributed by atoms with Gasteiger partial charge in [-0.05, 0) is 36.4 Å². The van der Waals surface area contributed by atoms with Crippen molar-refractivity contribution in [3.63, 3.8) is 0 Å². The number of carbonyl (C=O) groups is 1. The molecule has 24 heavy (non-hydrogen) atoms. The van der Waals surface area contributed by atoms with Gasteiger partial charge in [-0.3, -0.25) is 4.79 Å². The Bertz CT molecular complexity index is 1030. The summed E-state index contributed by atoms with van der Waals surface area (Å²) in [5.74, 6) is -1.57. The number of allylic oxidation sites excluding steroid dienone is 1. The summed E-state index contributed by atoms with van der Waals surface area (Å²) in [5, 5.41) is 29.3. The predicted octanol–water partition coefficient (Wildman–Crippen LogP) is 2.81. The number of hydrogen-bond acceptors (Lipinski definition) is 6. The fourth-order valence-corrected chi connectivity index (χ4v) is 2.27. The third kappa shape index (κ3) is 2.72. The summed E-state index contributed by atoms with van der Waals surface area (Å²) in [7, 11) is 0. The maximum absolute atomic E-state index is 12.2. The summed E-state index contributed by atoms with van der Waals surface area (Å²) in [4.78, 5) is 24.2. The Labute approximate surface area is 135 Å². The Hall–Kier alpha value is -3.54. The molecule has 0 aliphatic carbocycles. The van der Waals surface area contributed by atoms with Crippen molar-refractivity contribution in [2.75, 3.05) is 0 Å². The summed E-state index contributed by atoms with van der Waals surface area (Å²) in [6.45, 7) is 0. The Morgan fingerprint density at radius 2 is 1.79 bits per heavy atom. The van der Waals surface area contributed by atoms with Crippen LogP contribution in [0.5, 0.6) is 17.2 Å². The fraction of sp³-hybridized carbons (Fsp3) is 0. The standard InChI is InChI=1S/C18H12O6/c19-11-7-5-10(14(21)9-11)6-8-13(20)16-17(22)12-3-1-2-4-15(12)24-18(16)23/h1-9,19,21-22H/b8-6+. The lowest BCUT2D eigenvalue weighted by Gasteiger charge is -2.03. The van der Waals surface area contributed by atoms with Crippen molar-refractivity contribution >= 4 is 22.8 Å². The molecular weight excluding hydrogens is 312 g/mol. The number of fused-ring (bicyclic) bond motifs is 1. The maximum atomic E-state index is 12.2. The van der Waals surface area contributed by atoms with Gasteiger partial charge in [0.2, 0.25) is 0 Å². The fourth-order valence-electron chi connectivity index (χ4n) is 2.27. The van der Waals surface area contributed by atoms with E-state index in [2.05, 4.69) is 0 Å². The van der Waals surface area contributed by atoms with E-state index in [4.69, 9.17) is 4.42 Å². The van der Waals surface area contributed by atoms with Gasteiger partial charge in [0.15, 0.2) is 5.78 Å². The number of aromatic hydroxyl groups is 3. The molecule has 0 spiro atoms. The van der Waals surface area contributed by atoms with Crippen LogP contribution in [0.3, 0.4) is 0 Å². The molecule has 3 rings (SSSR count). The van der Waals surface area contributed by atoms with Crippen molar-refractivity contribution in [2.24, 2.45) is 0 Å². The molecule has 0 fully saturated rings. The van der Waals surface area contributed by atoms with Gasteiger partial charge in [-0.15, -0.1) is 0 Å². The minimum Gasteiger partial charge on any atom is -0.508 e. The van der Waals surface area contributed by atoms with E-state index in [0.717, 1.165) is 12.1 Å². The van der Waals surface area contributed by atoms with Gasteiger partial charge < -0.3 is 19.7 Å². The normalized spacial score (nSPS) is 11.2. The summed E-state index contributed by atoms with van der Waals surface area (Å²) < 4.78 is 5.03. The first kappa shape index (κ1) is 15.4. The Kier molecular flexibility index (Phi) is 3.79. The first-order chi connectivity index (χ1) is 11.5. The minimum atomic E-state index is -0.948. The maximum Gasteiger partial charge on any atom is 0.351 e. The number of benzene rings is 2. The Balaban J connectivity index is 2.03. The van der Waals surface area contributed by atoms with Crippen molar-refractivity contribution in [1.29, 1.82) is 0 Å². The highest BCUT2D eigenvalue weighted by Crippen LogP contribution is 2.27. The van der Waals surface area contributed by atoms with E-state index in [0.29, 0.717) is 0 Å². The Morgan fingerprint density at radius 1 is 1.04 bits per heavy atom. The molecule has 0 saturated heterocycles. The van der Waals surface area contributed by atoms with Gasteiger partial charge in [-0.1, -0.05) is 12.1 Å². The zero-order valence-corrected chi connectivity index (χ0v) is 12.3. The van der Waals surface area contributed by atoms with Crippen LogP contribution < -0.4 is 5.63 Å². The second-order valence-corrected chi connectivity index (χ2v) is 5.05. The van der Waals surface area contributed by atoms with Crippen LogP contribution in [0, 0.1) is 0 Å². The molecule has 3 N–H and O–H groups in total. The largest absolute Gasteiger partial charge is 0.508 e. The number of hydrogen-bond donors (Lipinski definition) is 3. The zero-order valence-electron chi connectivity index (χ0n) is 12.3. The molecule has 0 radical (unpaired) electrons. The first-order valence-corrected chi connectivity index (χ1v) is 6.96.